The highest BCUT2D eigenvalue weighted by molar-refractivity contribution is 7.52. The van der Waals surface area contributed by atoms with Crippen molar-refractivity contribution in [3.8, 4) is 12.0 Å². The predicted octanol–water partition coefficient (Wildman–Crippen LogP) is 4.78. The summed E-state index contributed by atoms with van der Waals surface area (Å²) in [6.45, 7) is 8.81. The third-order valence-electron chi connectivity index (χ3n) is 9.24. The highest BCUT2D eigenvalue weighted by atomic mass is 31.2. The summed E-state index contributed by atoms with van der Waals surface area (Å²) in [5.41, 5.74) is 7.97. The molecule has 0 saturated heterocycles. The molecule has 2 aromatic heterocycles. The van der Waals surface area contributed by atoms with E-state index in [4.69, 9.17) is 33.7 Å². The fourth-order valence-electron chi connectivity index (χ4n) is 6.27. The van der Waals surface area contributed by atoms with Gasteiger partial charge in [0.25, 0.3) is 6.26 Å². The van der Waals surface area contributed by atoms with Gasteiger partial charge >= 0.3 is 25.7 Å². The second-order valence-electron chi connectivity index (χ2n) is 13.8. The smallest absolute Gasteiger partial charge is 0.459 e. The maximum Gasteiger partial charge on any atom is 0.459 e. The van der Waals surface area contributed by atoms with Crippen molar-refractivity contribution in [3.05, 3.63) is 54.0 Å². The fraction of sp³-hybridized carbons (Fsp3) is 0.543. The molecule has 6 rings (SSSR count). The van der Waals surface area contributed by atoms with E-state index in [1.165, 1.54) is 17.8 Å². The Kier molecular flexibility index (Phi) is 11.8. The Labute approximate surface area is 301 Å². The largest absolute Gasteiger partial charge is 0.465 e. The number of nitrogens with two attached hydrogens (primary N) is 1. The number of benzene rings is 1. The van der Waals surface area contributed by atoms with E-state index in [-0.39, 0.29) is 29.3 Å². The molecule has 52 heavy (non-hydrogen) atoms. The fourth-order valence-corrected chi connectivity index (χ4v) is 7.77. The van der Waals surface area contributed by atoms with Crippen LogP contribution in [0, 0.1) is 29.3 Å². The van der Waals surface area contributed by atoms with Gasteiger partial charge in [0.05, 0.1) is 24.1 Å². The predicted molar refractivity (Wildman–Crippen MR) is 185 cm³/mol. The minimum Gasteiger partial charge on any atom is -0.465 e. The van der Waals surface area contributed by atoms with Crippen LogP contribution in [0.2, 0.25) is 0 Å². The first-order valence-corrected chi connectivity index (χ1v) is 18.8. The molecular formula is C35H45N6O10P. The van der Waals surface area contributed by atoms with Crippen LogP contribution in [0.15, 0.2) is 42.7 Å². The molecule has 16 nitrogen and oxygen atoms in total. The van der Waals surface area contributed by atoms with E-state index in [2.05, 4.69) is 15.2 Å². The van der Waals surface area contributed by atoms with Crippen LogP contribution in [0.1, 0.15) is 78.2 Å². The van der Waals surface area contributed by atoms with Gasteiger partial charge in [0.2, 0.25) is 0 Å². The van der Waals surface area contributed by atoms with E-state index in [1.54, 1.807) is 65.1 Å². The zero-order valence-corrected chi connectivity index (χ0v) is 30.9. The summed E-state index contributed by atoms with van der Waals surface area (Å²) < 4.78 is 49.9. The quantitative estimate of drug-likeness (QED) is 0.0776. The number of anilines is 1. The average Bonchev–Trinajstić information content (AvgIpc) is 3.49. The maximum atomic E-state index is 14.5. The van der Waals surface area contributed by atoms with Gasteiger partial charge in [0, 0.05) is 0 Å². The van der Waals surface area contributed by atoms with Crippen molar-refractivity contribution in [2.45, 2.75) is 90.6 Å². The zero-order chi connectivity index (χ0) is 37.8. The summed E-state index contributed by atoms with van der Waals surface area (Å²) in [6.07, 6.45) is 1.63. The van der Waals surface area contributed by atoms with Gasteiger partial charge in [-0.2, -0.15) is 15.4 Å². The van der Waals surface area contributed by atoms with Crippen LogP contribution in [0.3, 0.4) is 0 Å². The Bertz CT molecular complexity index is 1840. The van der Waals surface area contributed by atoms with Crippen LogP contribution in [-0.4, -0.2) is 64.0 Å². The van der Waals surface area contributed by atoms with Crippen molar-refractivity contribution in [1.29, 1.82) is 5.26 Å². The molecule has 3 saturated carbocycles. The van der Waals surface area contributed by atoms with Crippen molar-refractivity contribution in [3.63, 3.8) is 0 Å². The lowest BCUT2D eigenvalue weighted by atomic mass is 9.42. The number of nitrogens with one attached hydrogen (secondary N) is 1. The van der Waals surface area contributed by atoms with Gasteiger partial charge in [0.1, 0.15) is 30.2 Å². The molecule has 2 heterocycles. The first-order chi connectivity index (χ1) is 24.7. The van der Waals surface area contributed by atoms with Crippen LogP contribution in [0.4, 0.5) is 5.82 Å². The van der Waals surface area contributed by atoms with Crippen LogP contribution < -0.4 is 15.3 Å². The summed E-state index contributed by atoms with van der Waals surface area (Å²) in [5, 5.41) is 16.6. The summed E-state index contributed by atoms with van der Waals surface area (Å²) in [7, 11) is -4.49. The summed E-state index contributed by atoms with van der Waals surface area (Å²) in [6, 6.07) is 9.15. The highest BCUT2D eigenvalue weighted by Gasteiger charge is 2.57. The number of nitrogen functional groups attached to an aromatic ring is 1. The molecule has 17 heteroatoms. The van der Waals surface area contributed by atoms with Crippen LogP contribution in [0.25, 0.3) is 5.52 Å². The number of carbonyl (C=O) groups excluding carboxylic acids is 3. The first kappa shape index (κ1) is 38.5. The van der Waals surface area contributed by atoms with Gasteiger partial charge in [-0.25, -0.2) is 14.1 Å². The SMILES string of the molecule is CCOC(=O)[C@H](C)NP(=O)(OC[C@@H](OC#N)[C@@H](OC(=O)C(C)C)[C@@H](OC(=O)C(C)C)c1ccc2c(N)ncnn12)Oc1ccc(C23CC(C2)C3)cc1. The molecule has 1 unspecified atom stereocenters. The third kappa shape index (κ3) is 8.33. The molecule has 2 bridgehead atoms. The normalized spacial score (nSPS) is 21.0. The van der Waals surface area contributed by atoms with Crippen LogP contribution in [0.5, 0.6) is 5.75 Å². The minimum atomic E-state index is -4.49. The lowest BCUT2D eigenvalue weighted by Gasteiger charge is -2.62. The van der Waals surface area contributed by atoms with Gasteiger partial charge in [-0.05, 0) is 74.3 Å². The Morgan fingerprint density at radius 1 is 1.02 bits per heavy atom. The number of rotatable bonds is 18. The number of ether oxygens (including phenoxy) is 4. The summed E-state index contributed by atoms with van der Waals surface area (Å²) >= 11 is 0. The standard InChI is InChI=1S/C35H45N6O10P/c1-7-46-34(44)22(6)40-52(45,51-25-10-8-24(9-11-25)35-14-23(15-35)16-35)48-17-28(47-18-36)30(50-33(43)21(4)5)29(49-32(42)20(2)3)26-12-13-27-31(37)38-19-39-41(26)27/h8-13,19-23,28-30H,7,14-17H2,1-6H3,(H,40,45)(H2,37,38,39)/t22-,23?,28+,29-,30+,35?,52?/m0/s1. The molecule has 0 spiro atoms. The third-order valence-corrected chi connectivity index (χ3v) is 10.9. The molecule has 3 N–H and O–H groups in total. The van der Waals surface area contributed by atoms with E-state index >= 15 is 0 Å². The number of carbonyl (C=O) groups is 3. The van der Waals surface area contributed by atoms with Crippen molar-refractivity contribution >= 4 is 37.0 Å². The van der Waals surface area contributed by atoms with Crippen LogP contribution >= 0.6 is 7.75 Å². The molecule has 0 radical (unpaired) electrons. The number of nitrogens with zero attached hydrogens (tertiary/aromatic N) is 4. The Hall–Kier alpha value is -4.71. The van der Waals surface area contributed by atoms with E-state index in [0.29, 0.717) is 5.52 Å². The summed E-state index contributed by atoms with van der Waals surface area (Å²) in [4.78, 5) is 42.9. The van der Waals surface area contributed by atoms with E-state index in [0.717, 1.165) is 30.7 Å². The molecule has 0 aliphatic heterocycles. The average molecular weight is 741 g/mol. The molecule has 280 valence electrons. The summed E-state index contributed by atoms with van der Waals surface area (Å²) in [5.74, 6) is -2.32. The molecule has 3 aliphatic carbocycles. The minimum absolute atomic E-state index is 0.0728. The lowest BCUT2D eigenvalue weighted by molar-refractivity contribution is -0.184. The van der Waals surface area contributed by atoms with E-state index < -0.39 is 68.5 Å². The molecule has 3 aromatic rings. The van der Waals surface area contributed by atoms with E-state index in [1.807, 2.05) is 12.1 Å². The van der Waals surface area contributed by atoms with Crippen molar-refractivity contribution < 1.29 is 46.9 Å². The van der Waals surface area contributed by atoms with Gasteiger partial charge in [-0.15, -0.1) is 0 Å². The molecule has 5 atom stereocenters. The number of nitriles is 1. The maximum absolute atomic E-state index is 14.5. The first-order valence-electron chi connectivity index (χ1n) is 17.2. The van der Waals surface area contributed by atoms with Crippen molar-refractivity contribution in [1.82, 2.24) is 19.7 Å². The zero-order valence-electron chi connectivity index (χ0n) is 30.0. The lowest BCUT2D eigenvalue weighted by Crippen LogP contribution is -2.55. The topological polar surface area (TPSA) is 216 Å². The number of hydrogen-bond donors (Lipinski definition) is 2. The van der Waals surface area contributed by atoms with Gasteiger partial charge in [-0.3, -0.25) is 18.9 Å². The van der Waals surface area contributed by atoms with Crippen molar-refractivity contribution in [2.24, 2.45) is 17.8 Å². The number of fused-ring (bicyclic) bond motifs is 1. The number of hydrogen-bond acceptors (Lipinski definition) is 14. The molecule has 3 fully saturated rings. The van der Waals surface area contributed by atoms with Gasteiger partial charge < -0.3 is 29.2 Å². The van der Waals surface area contributed by atoms with E-state index in [9.17, 15) is 24.2 Å². The Morgan fingerprint density at radius 2 is 1.67 bits per heavy atom. The molecule has 3 aliphatic rings. The Morgan fingerprint density at radius 3 is 2.25 bits per heavy atom. The highest BCUT2D eigenvalue weighted by Crippen LogP contribution is 2.65. The number of aromatic nitrogens is 3. The van der Waals surface area contributed by atoms with Crippen molar-refractivity contribution in [2.75, 3.05) is 18.9 Å². The van der Waals surface area contributed by atoms with Gasteiger partial charge in [-0.1, -0.05) is 39.8 Å². The van der Waals surface area contributed by atoms with Gasteiger partial charge in [0.15, 0.2) is 24.1 Å². The molecular weight excluding hydrogens is 695 g/mol. The van der Waals surface area contributed by atoms with Crippen LogP contribution in [-0.2, 0) is 47.8 Å². The second-order valence-corrected chi connectivity index (χ2v) is 15.5. The molecule has 1 aromatic carbocycles. The monoisotopic (exact) mass is 740 g/mol. The number of esters is 3. The Balaban J connectivity index is 1.49. The molecule has 0 amide bonds. The second kappa shape index (κ2) is 15.9.